The van der Waals surface area contributed by atoms with Crippen molar-refractivity contribution in [2.45, 2.75) is 0 Å². The zero-order chi connectivity index (χ0) is 47.4. The SMILES string of the molecule is [O-][Cl+3]([O-])([O-])[O-].[O-][Cl+3]([O-])([O-])[O-].[Ru+2].c1cc(-c2nc3ccccc3[nH]2)nc(-c2nc3ccccc3[nH]2)c1.c1ccc(-c2cc(-c3ccc4ccc5cccc6ccc3c4c56)cc(-c3ccccn3)n2)nc1. The number of nitrogens with zero attached hydrogens (tertiary/aromatic N) is 6. The van der Waals surface area contributed by atoms with Gasteiger partial charge in [0, 0.05) is 12.4 Å². The van der Waals surface area contributed by atoms with Gasteiger partial charge < -0.3 is 9.97 Å². The first-order valence-corrected chi connectivity index (χ1v) is 22.8. The number of benzene rings is 6. The fraction of sp³-hybridized carbons (Fsp3) is 0. The monoisotopic (exact) mass is 1040 g/mol. The summed E-state index contributed by atoms with van der Waals surface area (Å²) >= 11 is 0. The first-order valence-electron chi connectivity index (χ1n) is 20.3. The van der Waals surface area contributed by atoms with Gasteiger partial charge in [0.2, 0.25) is 0 Å². The molecule has 0 fully saturated rings. The summed E-state index contributed by atoms with van der Waals surface area (Å²) in [5, 5.41) is 7.67. The standard InChI is InChI=1S/C31H19N3.C19H13N5.2ClHO4.Ru/c1-3-16-32-26(8-1)28-18-23(19-29(34-28)27-9-2-4-17-33-27)24-14-12-22-11-10-20-6-5-7-21-13-15-25(24)31(22)30(20)21;1-2-7-13-12(6-1)21-18(22-13)16-10-5-11-17(20-16)19-23-14-8-3-4-9-15(14)24-19;2*2-1(3,4)5;/h1-19H;1-11H,(H,21,22)(H,23,24);2*(H,2,3,4,5);/q;;;;+2/p-2. The Bertz CT molecular complexity index is 3420. The molecule has 69 heavy (non-hydrogen) atoms. The molecular formula is C50H32Cl2N8O8Ru. The first kappa shape index (κ1) is 48.2. The molecule has 0 aliphatic heterocycles. The molecule has 0 radical (unpaired) electrons. The van der Waals surface area contributed by atoms with Gasteiger partial charge in [-0.2, -0.15) is 0 Å². The molecule has 12 rings (SSSR count). The van der Waals surface area contributed by atoms with Crippen molar-refractivity contribution < 1.29 is 77.2 Å². The molecule has 6 aromatic carbocycles. The molecule has 0 bridgehead atoms. The summed E-state index contributed by atoms with van der Waals surface area (Å²) in [6.07, 6.45) is 3.61. The van der Waals surface area contributed by atoms with E-state index in [1.165, 1.54) is 37.9 Å². The maximum atomic E-state index is 8.49. The van der Waals surface area contributed by atoms with Gasteiger partial charge in [0.25, 0.3) is 0 Å². The van der Waals surface area contributed by atoms with E-state index in [0.29, 0.717) is 0 Å². The number of H-pyrrole nitrogens is 2. The van der Waals surface area contributed by atoms with E-state index in [9.17, 15) is 0 Å². The normalized spacial score (nSPS) is 11.4. The molecule has 0 atom stereocenters. The zero-order valence-corrected chi connectivity index (χ0v) is 38.6. The van der Waals surface area contributed by atoms with Gasteiger partial charge in [-0.15, -0.1) is 20.5 Å². The minimum Gasteiger partial charge on any atom is -0.337 e. The number of halogens is 2. The predicted octanol–water partition coefficient (Wildman–Crippen LogP) is 2.42. The molecule has 6 heterocycles. The van der Waals surface area contributed by atoms with E-state index in [4.69, 9.17) is 47.2 Å². The number of pyridine rings is 4. The quantitative estimate of drug-likeness (QED) is 0.185. The number of hydrogen-bond donors (Lipinski definition) is 2. The zero-order valence-electron chi connectivity index (χ0n) is 35.4. The molecule has 0 aliphatic rings. The van der Waals surface area contributed by atoms with Gasteiger partial charge in [-0.05, 0) is 116 Å². The van der Waals surface area contributed by atoms with Crippen molar-refractivity contribution in [2.75, 3.05) is 0 Å². The van der Waals surface area contributed by atoms with E-state index in [1.807, 2.05) is 103 Å². The van der Waals surface area contributed by atoms with Gasteiger partial charge in [-0.3, -0.25) is 9.97 Å². The van der Waals surface area contributed by atoms with Gasteiger partial charge in [-0.1, -0.05) is 97.1 Å². The molecule has 16 nitrogen and oxygen atoms in total. The van der Waals surface area contributed by atoms with Gasteiger partial charge in [-0.25, -0.2) is 57.2 Å². The van der Waals surface area contributed by atoms with Gasteiger partial charge in [0.05, 0.1) is 44.8 Å². The Balaban J connectivity index is 0.000000160. The molecule has 2 N–H and O–H groups in total. The Hall–Kier alpha value is -7.22. The minimum absolute atomic E-state index is 0. The summed E-state index contributed by atoms with van der Waals surface area (Å²) in [5.41, 5.74) is 11.1. The molecule has 0 amide bonds. The molecule has 0 saturated heterocycles. The van der Waals surface area contributed by atoms with Gasteiger partial charge >= 0.3 is 19.5 Å². The third-order valence-electron chi connectivity index (χ3n) is 10.5. The van der Waals surface area contributed by atoms with Gasteiger partial charge in [0.15, 0.2) is 11.6 Å². The molecule has 0 saturated carbocycles. The number of rotatable bonds is 5. The molecule has 0 spiro atoms. The summed E-state index contributed by atoms with van der Waals surface area (Å²) < 4.78 is 67.9. The van der Waals surface area contributed by atoms with Crippen molar-refractivity contribution >= 4 is 54.4 Å². The van der Waals surface area contributed by atoms with Crippen molar-refractivity contribution in [3.8, 4) is 56.9 Å². The van der Waals surface area contributed by atoms with Crippen LogP contribution in [0.25, 0.3) is 111 Å². The second kappa shape index (κ2) is 20.6. The molecule has 12 aromatic rings. The van der Waals surface area contributed by atoms with Crippen LogP contribution in [0.3, 0.4) is 0 Å². The third-order valence-corrected chi connectivity index (χ3v) is 10.5. The van der Waals surface area contributed by atoms with E-state index in [1.54, 1.807) is 12.4 Å². The third kappa shape index (κ3) is 11.7. The summed E-state index contributed by atoms with van der Waals surface area (Å²) in [6.45, 7) is 0. The molecular weight excluding hydrogens is 1010 g/mol. The molecule has 0 aliphatic carbocycles. The number of fused-ring (bicyclic) bond motifs is 2. The van der Waals surface area contributed by atoms with E-state index in [2.05, 4.69) is 96.6 Å². The Morgan fingerprint density at radius 3 is 1.25 bits per heavy atom. The van der Waals surface area contributed by atoms with Crippen molar-refractivity contribution in [1.29, 1.82) is 0 Å². The van der Waals surface area contributed by atoms with Crippen molar-refractivity contribution in [3.63, 3.8) is 0 Å². The van der Waals surface area contributed by atoms with Crippen LogP contribution in [0.1, 0.15) is 0 Å². The number of nitrogens with one attached hydrogen (secondary N) is 2. The van der Waals surface area contributed by atoms with Crippen LogP contribution in [0.15, 0.2) is 182 Å². The average Bonchev–Trinajstić information content (AvgIpc) is 3.99. The van der Waals surface area contributed by atoms with Crippen molar-refractivity contribution in [1.82, 2.24) is 39.9 Å². The summed E-state index contributed by atoms with van der Waals surface area (Å²) in [4.78, 5) is 34.6. The Labute approximate surface area is 408 Å². The molecule has 0 unspecified atom stereocenters. The molecule has 342 valence electrons. The average molecular weight is 1040 g/mol. The van der Waals surface area contributed by atoms with Gasteiger partial charge in [0.1, 0.15) is 11.4 Å². The van der Waals surface area contributed by atoms with E-state index in [0.717, 1.165) is 73.4 Å². The van der Waals surface area contributed by atoms with Crippen LogP contribution in [0.5, 0.6) is 0 Å². The van der Waals surface area contributed by atoms with Crippen LogP contribution in [-0.2, 0) is 19.5 Å². The number of aromatic nitrogens is 8. The van der Waals surface area contributed by atoms with Crippen molar-refractivity contribution in [3.05, 3.63) is 182 Å². The van der Waals surface area contributed by atoms with E-state index in [-0.39, 0.29) is 19.5 Å². The van der Waals surface area contributed by atoms with Crippen LogP contribution in [0, 0.1) is 20.5 Å². The Morgan fingerprint density at radius 2 is 0.768 bits per heavy atom. The fourth-order valence-electron chi connectivity index (χ4n) is 7.81. The van der Waals surface area contributed by atoms with Crippen LogP contribution in [0.4, 0.5) is 0 Å². The Kier molecular flexibility index (Phi) is 14.4. The largest absolute Gasteiger partial charge is 2.00 e. The first-order chi connectivity index (χ1) is 32.7. The second-order valence-corrected chi connectivity index (χ2v) is 16.4. The topological polar surface area (TPSA) is 293 Å². The van der Waals surface area contributed by atoms with Crippen LogP contribution < -0.4 is 37.3 Å². The smallest absolute Gasteiger partial charge is 0.337 e. The summed E-state index contributed by atoms with van der Waals surface area (Å²) in [7, 11) is -9.89. The van der Waals surface area contributed by atoms with E-state index >= 15 is 0 Å². The molecule has 19 heteroatoms. The summed E-state index contributed by atoms with van der Waals surface area (Å²) in [5.74, 6) is 1.52. The fourth-order valence-corrected chi connectivity index (χ4v) is 7.81. The second-order valence-electron chi connectivity index (χ2n) is 14.9. The van der Waals surface area contributed by atoms with Crippen LogP contribution in [-0.4, -0.2) is 39.9 Å². The number of imidazole rings is 2. The number of hydrogen-bond acceptors (Lipinski definition) is 14. The van der Waals surface area contributed by atoms with Crippen molar-refractivity contribution in [2.24, 2.45) is 0 Å². The maximum Gasteiger partial charge on any atom is 2.00 e. The number of aromatic amines is 2. The molecule has 6 aromatic heterocycles. The predicted molar refractivity (Wildman–Crippen MR) is 234 cm³/mol. The number of para-hydroxylation sites is 4. The van der Waals surface area contributed by atoms with Crippen LogP contribution >= 0.6 is 0 Å². The van der Waals surface area contributed by atoms with E-state index < -0.39 is 20.5 Å². The summed E-state index contributed by atoms with van der Waals surface area (Å²) in [6, 6.07) is 57.8. The van der Waals surface area contributed by atoms with Crippen LogP contribution in [0.2, 0.25) is 0 Å². The Morgan fingerprint density at radius 1 is 0.362 bits per heavy atom. The maximum absolute atomic E-state index is 8.49. The minimum atomic E-state index is -4.94.